The number of aliphatic hydroxyl groups excluding tert-OH is 1. The van der Waals surface area contributed by atoms with Crippen molar-refractivity contribution in [2.75, 3.05) is 31.2 Å². The molecule has 1 aliphatic rings. The van der Waals surface area contributed by atoms with Gasteiger partial charge in [0, 0.05) is 24.3 Å². The number of nitrogens with zero attached hydrogens (tertiary/aromatic N) is 1. The molecule has 1 heterocycles. The molecule has 4 heteroatoms. The molecule has 1 atom stereocenters. The van der Waals surface area contributed by atoms with E-state index in [4.69, 9.17) is 9.47 Å². The first kappa shape index (κ1) is 15.8. The van der Waals surface area contributed by atoms with Gasteiger partial charge in [0.05, 0.1) is 19.3 Å². The molecule has 23 heavy (non-hydrogen) atoms. The van der Waals surface area contributed by atoms with Gasteiger partial charge in [-0.3, -0.25) is 0 Å². The molecule has 1 N–H and O–H groups in total. The summed E-state index contributed by atoms with van der Waals surface area (Å²) in [5.74, 6) is 0.737. The lowest BCUT2D eigenvalue weighted by Crippen LogP contribution is -2.36. The maximum atomic E-state index is 10.1. The van der Waals surface area contributed by atoms with Crippen LogP contribution in [-0.2, 0) is 11.3 Å². The van der Waals surface area contributed by atoms with Crippen molar-refractivity contribution in [2.24, 2.45) is 0 Å². The fraction of sp³-hybridized carbons (Fsp3) is 0.368. The number of rotatable bonds is 5. The largest absolute Gasteiger partial charge is 0.489 e. The van der Waals surface area contributed by atoms with Gasteiger partial charge in [-0.25, -0.2) is 0 Å². The Morgan fingerprint density at radius 3 is 2.57 bits per heavy atom. The van der Waals surface area contributed by atoms with Crippen LogP contribution in [0, 0.1) is 0 Å². The van der Waals surface area contributed by atoms with Crippen LogP contribution in [0.2, 0.25) is 0 Å². The summed E-state index contributed by atoms with van der Waals surface area (Å²) in [6.07, 6.45) is -0.568. The van der Waals surface area contributed by atoms with Gasteiger partial charge in [-0.15, -0.1) is 0 Å². The molecule has 0 aromatic heterocycles. The first-order valence-electron chi connectivity index (χ1n) is 8.05. The summed E-state index contributed by atoms with van der Waals surface area (Å²) >= 11 is 0. The highest BCUT2D eigenvalue weighted by atomic mass is 16.5. The molecular weight excluding hydrogens is 290 g/mol. The Labute approximate surface area is 137 Å². The van der Waals surface area contributed by atoms with E-state index in [1.54, 1.807) is 6.92 Å². The van der Waals surface area contributed by atoms with E-state index in [9.17, 15) is 5.11 Å². The predicted octanol–water partition coefficient (Wildman–Crippen LogP) is 3.16. The van der Waals surface area contributed by atoms with Crippen molar-refractivity contribution in [1.29, 1.82) is 0 Å². The Morgan fingerprint density at radius 2 is 1.87 bits per heavy atom. The van der Waals surface area contributed by atoms with Crippen molar-refractivity contribution in [2.45, 2.75) is 19.6 Å². The van der Waals surface area contributed by atoms with Gasteiger partial charge in [0.1, 0.15) is 12.4 Å². The standard InChI is InChI=1S/C19H23NO3/c1-15(21)18-13-17(20-9-11-22-12-10-20)7-8-19(18)23-14-16-5-3-2-4-6-16/h2-8,13,15,21H,9-12,14H2,1H3. The Morgan fingerprint density at radius 1 is 1.13 bits per heavy atom. The highest BCUT2D eigenvalue weighted by molar-refractivity contribution is 5.54. The molecule has 1 unspecified atom stereocenters. The van der Waals surface area contributed by atoms with Gasteiger partial charge in [0.15, 0.2) is 0 Å². The molecule has 3 rings (SSSR count). The van der Waals surface area contributed by atoms with Crippen LogP contribution in [0.15, 0.2) is 48.5 Å². The number of anilines is 1. The van der Waals surface area contributed by atoms with Gasteiger partial charge in [0.2, 0.25) is 0 Å². The summed E-state index contributed by atoms with van der Waals surface area (Å²) in [6.45, 7) is 5.52. The molecule has 2 aromatic carbocycles. The number of hydrogen-bond acceptors (Lipinski definition) is 4. The Hall–Kier alpha value is -2.04. The van der Waals surface area contributed by atoms with Crippen LogP contribution >= 0.6 is 0 Å². The van der Waals surface area contributed by atoms with Gasteiger partial charge in [-0.2, -0.15) is 0 Å². The third-order valence-corrected chi connectivity index (χ3v) is 4.06. The lowest BCUT2D eigenvalue weighted by atomic mass is 10.1. The average Bonchev–Trinajstić information content (AvgIpc) is 2.61. The molecule has 122 valence electrons. The minimum Gasteiger partial charge on any atom is -0.489 e. The smallest absolute Gasteiger partial charge is 0.125 e. The van der Waals surface area contributed by atoms with E-state index in [-0.39, 0.29) is 0 Å². The fourth-order valence-electron chi connectivity index (χ4n) is 2.75. The maximum absolute atomic E-state index is 10.1. The number of aliphatic hydroxyl groups is 1. The second-order valence-electron chi connectivity index (χ2n) is 5.77. The van der Waals surface area contributed by atoms with Crippen LogP contribution in [0.5, 0.6) is 5.75 Å². The van der Waals surface area contributed by atoms with Crippen molar-refractivity contribution < 1.29 is 14.6 Å². The van der Waals surface area contributed by atoms with E-state index < -0.39 is 6.10 Å². The van der Waals surface area contributed by atoms with Crippen molar-refractivity contribution >= 4 is 5.69 Å². The number of hydrogen-bond donors (Lipinski definition) is 1. The first-order chi connectivity index (χ1) is 11.2. The second-order valence-corrected chi connectivity index (χ2v) is 5.77. The SMILES string of the molecule is CC(O)c1cc(N2CCOCC2)ccc1OCc1ccccc1. The number of benzene rings is 2. The van der Waals surface area contributed by atoms with E-state index >= 15 is 0 Å². The van der Waals surface area contributed by atoms with E-state index in [0.717, 1.165) is 48.9 Å². The van der Waals surface area contributed by atoms with Crippen molar-refractivity contribution in [3.8, 4) is 5.75 Å². The highest BCUT2D eigenvalue weighted by Crippen LogP contribution is 2.31. The minimum atomic E-state index is -0.568. The molecule has 0 radical (unpaired) electrons. The van der Waals surface area contributed by atoms with Crippen LogP contribution in [0.25, 0.3) is 0 Å². The van der Waals surface area contributed by atoms with Crippen LogP contribution in [0.3, 0.4) is 0 Å². The Kier molecular flexibility index (Phi) is 5.16. The van der Waals surface area contributed by atoms with E-state index in [1.165, 1.54) is 0 Å². The summed E-state index contributed by atoms with van der Waals surface area (Å²) in [5.41, 5.74) is 3.04. The van der Waals surface area contributed by atoms with Gasteiger partial charge < -0.3 is 19.5 Å². The zero-order valence-electron chi connectivity index (χ0n) is 13.4. The zero-order valence-corrected chi connectivity index (χ0v) is 13.4. The van der Waals surface area contributed by atoms with E-state index in [1.807, 2.05) is 42.5 Å². The highest BCUT2D eigenvalue weighted by Gasteiger charge is 2.16. The molecule has 0 aliphatic carbocycles. The van der Waals surface area contributed by atoms with Crippen molar-refractivity contribution in [1.82, 2.24) is 0 Å². The Balaban J connectivity index is 1.76. The van der Waals surface area contributed by atoms with Gasteiger partial charge in [0.25, 0.3) is 0 Å². The lowest BCUT2D eigenvalue weighted by Gasteiger charge is -2.29. The summed E-state index contributed by atoms with van der Waals surface area (Å²) in [5, 5.41) is 10.1. The molecule has 0 bridgehead atoms. The third kappa shape index (κ3) is 4.03. The average molecular weight is 313 g/mol. The second kappa shape index (κ2) is 7.49. The summed E-state index contributed by atoms with van der Waals surface area (Å²) < 4.78 is 11.3. The number of morpholine rings is 1. The summed E-state index contributed by atoms with van der Waals surface area (Å²) in [6, 6.07) is 16.1. The minimum absolute atomic E-state index is 0.497. The zero-order chi connectivity index (χ0) is 16.1. The monoisotopic (exact) mass is 313 g/mol. The lowest BCUT2D eigenvalue weighted by molar-refractivity contribution is 0.122. The molecule has 2 aromatic rings. The first-order valence-corrected chi connectivity index (χ1v) is 8.05. The predicted molar refractivity (Wildman–Crippen MR) is 90.9 cm³/mol. The summed E-state index contributed by atoms with van der Waals surface area (Å²) in [7, 11) is 0. The van der Waals surface area contributed by atoms with Crippen LogP contribution in [-0.4, -0.2) is 31.4 Å². The fourth-order valence-corrected chi connectivity index (χ4v) is 2.75. The van der Waals surface area contributed by atoms with Crippen molar-refractivity contribution in [3.63, 3.8) is 0 Å². The van der Waals surface area contributed by atoms with E-state index in [2.05, 4.69) is 11.0 Å². The molecule has 4 nitrogen and oxygen atoms in total. The van der Waals surface area contributed by atoms with Gasteiger partial charge in [-0.1, -0.05) is 30.3 Å². The summed E-state index contributed by atoms with van der Waals surface area (Å²) in [4.78, 5) is 2.27. The topological polar surface area (TPSA) is 41.9 Å². The van der Waals surface area contributed by atoms with Gasteiger partial charge >= 0.3 is 0 Å². The molecule has 0 spiro atoms. The Bertz CT molecular complexity index is 622. The van der Waals surface area contributed by atoms with Crippen molar-refractivity contribution in [3.05, 3.63) is 59.7 Å². The quantitative estimate of drug-likeness (QED) is 0.921. The molecule has 1 fully saturated rings. The number of ether oxygens (including phenoxy) is 2. The van der Waals surface area contributed by atoms with Crippen LogP contribution < -0.4 is 9.64 Å². The molecular formula is C19H23NO3. The van der Waals surface area contributed by atoms with Crippen LogP contribution in [0.1, 0.15) is 24.2 Å². The molecule has 0 saturated carbocycles. The van der Waals surface area contributed by atoms with Crippen LogP contribution in [0.4, 0.5) is 5.69 Å². The maximum Gasteiger partial charge on any atom is 0.125 e. The van der Waals surface area contributed by atoms with Gasteiger partial charge in [-0.05, 0) is 30.7 Å². The molecule has 1 saturated heterocycles. The third-order valence-electron chi connectivity index (χ3n) is 4.06. The molecule has 0 amide bonds. The van der Waals surface area contributed by atoms with E-state index in [0.29, 0.717) is 6.61 Å². The molecule has 1 aliphatic heterocycles. The normalized spacial score (nSPS) is 16.2.